The molecule has 0 heterocycles. The van der Waals surface area contributed by atoms with E-state index < -0.39 is 35.3 Å². The van der Waals surface area contributed by atoms with Crippen LogP contribution < -0.4 is 18.9 Å². The Labute approximate surface area is 255 Å². The quantitative estimate of drug-likeness (QED) is 0.0929. The van der Waals surface area contributed by atoms with Crippen molar-refractivity contribution in [2.75, 3.05) is 7.11 Å². The van der Waals surface area contributed by atoms with Crippen LogP contribution in [0.2, 0.25) is 0 Å². The lowest BCUT2D eigenvalue weighted by atomic mass is 9.92. The molecule has 3 aromatic rings. The van der Waals surface area contributed by atoms with E-state index in [0.717, 1.165) is 6.08 Å². The molecule has 0 aromatic heterocycles. The maximum Gasteiger partial charge on any atom is 0.514 e. The topological polar surface area (TPSA) is 124 Å². The Kier molecular flexibility index (Phi) is 10.7. The van der Waals surface area contributed by atoms with Gasteiger partial charge >= 0.3 is 24.1 Å². The summed E-state index contributed by atoms with van der Waals surface area (Å²) in [5.74, 6) is -0.661. The highest BCUT2D eigenvalue weighted by atomic mass is 16.7. The van der Waals surface area contributed by atoms with Gasteiger partial charge in [-0.25, -0.2) is 19.2 Å². The maximum absolute atomic E-state index is 12.8. The van der Waals surface area contributed by atoms with Crippen molar-refractivity contribution in [3.63, 3.8) is 0 Å². The number of ether oxygens (including phenoxy) is 6. The Hall–Kier alpha value is -5.38. The maximum atomic E-state index is 12.8. The molecule has 0 fully saturated rings. The molecule has 3 aromatic carbocycles. The summed E-state index contributed by atoms with van der Waals surface area (Å²) in [4.78, 5) is 49.3. The molecule has 0 radical (unpaired) electrons. The first-order valence-electron chi connectivity index (χ1n) is 13.5. The van der Waals surface area contributed by atoms with Gasteiger partial charge in [-0.1, -0.05) is 19.2 Å². The fourth-order valence-corrected chi connectivity index (χ4v) is 4.31. The van der Waals surface area contributed by atoms with Gasteiger partial charge in [0.05, 0.1) is 18.2 Å². The number of methoxy groups -OCH3 is 1. The highest BCUT2D eigenvalue weighted by Crippen LogP contribution is 2.29. The molecule has 10 nitrogen and oxygen atoms in total. The number of carbonyl (C=O) groups excluding carboxylic acids is 4. The molecule has 0 aliphatic heterocycles. The average molecular weight is 603 g/mol. The average Bonchev–Trinajstić information content (AvgIpc) is 2.96. The molecule has 0 aliphatic carbocycles. The van der Waals surface area contributed by atoms with Gasteiger partial charge in [-0.15, -0.1) is 0 Å². The van der Waals surface area contributed by atoms with Crippen LogP contribution in [0.1, 0.15) is 60.4 Å². The Morgan fingerprint density at radius 2 is 1.20 bits per heavy atom. The van der Waals surface area contributed by atoms with E-state index in [1.807, 2.05) is 0 Å². The number of benzene rings is 3. The van der Waals surface area contributed by atoms with Crippen molar-refractivity contribution in [3.05, 3.63) is 103 Å². The fourth-order valence-electron chi connectivity index (χ4n) is 4.31. The Morgan fingerprint density at radius 1 is 0.682 bits per heavy atom. The molecule has 0 aliphatic rings. The number of rotatable bonds is 12. The van der Waals surface area contributed by atoms with Gasteiger partial charge in [-0.2, -0.15) is 0 Å². The van der Waals surface area contributed by atoms with E-state index in [9.17, 15) is 19.2 Å². The van der Waals surface area contributed by atoms with Crippen LogP contribution in [-0.4, -0.2) is 42.4 Å². The molecule has 0 saturated carbocycles. The monoisotopic (exact) mass is 602 g/mol. The SMILES string of the molecule is C=CC(=O)OC(C)(C)CC(C)(C)OC(=O)Oc1ccc(C(=O)Oc2ccc(OC(=O)c3ccc(OC)cc3)cc2C=C)cc1. The first kappa shape index (κ1) is 33.1. The zero-order valence-electron chi connectivity index (χ0n) is 25.2. The fraction of sp³-hybridized carbons (Fsp3) is 0.235. The molecule has 0 atom stereocenters. The lowest BCUT2D eigenvalue weighted by Gasteiger charge is -2.33. The Morgan fingerprint density at radius 3 is 1.75 bits per heavy atom. The normalized spacial score (nSPS) is 11.0. The van der Waals surface area contributed by atoms with E-state index in [4.69, 9.17) is 28.4 Å². The number of hydrogen-bond donors (Lipinski definition) is 0. The second-order valence-electron chi connectivity index (χ2n) is 10.7. The van der Waals surface area contributed by atoms with E-state index in [-0.39, 0.29) is 29.2 Å². The minimum atomic E-state index is -1.03. The van der Waals surface area contributed by atoms with Crippen molar-refractivity contribution >= 4 is 30.1 Å². The van der Waals surface area contributed by atoms with Crippen LogP contribution >= 0.6 is 0 Å². The molecule has 0 spiro atoms. The summed E-state index contributed by atoms with van der Waals surface area (Å²) >= 11 is 0. The predicted octanol–water partition coefficient (Wildman–Crippen LogP) is 6.97. The smallest absolute Gasteiger partial charge is 0.497 e. The molecule has 0 saturated heterocycles. The third-order valence-corrected chi connectivity index (χ3v) is 5.99. The second-order valence-corrected chi connectivity index (χ2v) is 10.7. The molecular weight excluding hydrogens is 568 g/mol. The predicted molar refractivity (Wildman–Crippen MR) is 162 cm³/mol. The van der Waals surface area contributed by atoms with Crippen molar-refractivity contribution in [1.82, 2.24) is 0 Å². The van der Waals surface area contributed by atoms with Crippen molar-refractivity contribution in [3.8, 4) is 23.0 Å². The van der Waals surface area contributed by atoms with Gasteiger partial charge in [0, 0.05) is 18.1 Å². The number of esters is 3. The van der Waals surface area contributed by atoms with Gasteiger partial charge in [0.25, 0.3) is 0 Å². The zero-order chi connectivity index (χ0) is 32.5. The van der Waals surface area contributed by atoms with E-state index >= 15 is 0 Å². The van der Waals surface area contributed by atoms with Crippen LogP contribution in [0.4, 0.5) is 4.79 Å². The summed E-state index contributed by atoms with van der Waals surface area (Å²) in [6.45, 7) is 13.8. The van der Waals surface area contributed by atoms with E-state index in [1.54, 1.807) is 52.0 Å². The second kappa shape index (κ2) is 14.2. The van der Waals surface area contributed by atoms with Gasteiger partial charge in [-0.3, -0.25) is 0 Å². The van der Waals surface area contributed by atoms with Gasteiger partial charge in [-0.05, 0) is 94.4 Å². The summed E-state index contributed by atoms with van der Waals surface area (Å²) in [5.41, 5.74) is -1.02. The molecular formula is C34H34O10. The molecule has 0 unspecified atom stereocenters. The highest BCUT2D eigenvalue weighted by molar-refractivity contribution is 5.92. The molecule has 0 bridgehead atoms. The third kappa shape index (κ3) is 9.59. The molecule has 3 rings (SSSR count). The van der Waals surface area contributed by atoms with Crippen molar-refractivity contribution in [2.45, 2.75) is 45.3 Å². The van der Waals surface area contributed by atoms with E-state index in [1.165, 1.54) is 55.7 Å². The van der Waals surface area contributed by atoms with Crippen LogP contribution in [0.3, 0.4) is 0 Å². The lowest BCUT2D eigenvalue weighted by Crippen LogP contribution is -2.40. The minimum absolute atomic E-state index is 0.134. The van der Waals surface area contributed by atoms with Gasteiger partial charge in [0.1, 0.15) is 34.2 Å². The summed E-state index contributed by atoms with van der Waals surface area (Å²) in [6.07, 6.45) is 1.74. The molecule has 0 N–H and O–H groups in total. The van der Waals surface area contributed by atoms with Crippen LogP contribution in [0.5, 0.6) is 23.0 Å². The lowest BCUT2D eigenvalue weighted by molar-refractivity contribution is -0.155. The van der Waals surface area contributed by atoms with Gasteiger partial charge in [0.2, 0.25) is 0 Å². The summed E-state index contributed by atoms with van der Waals surface area (Å²) in [5, 5.41) is 0. The third-order valence-electron chi connectivity index (χ3n) is 5.99. The summed E-state index contributed by atoms with van der Waals surface area (Å²) in [6, 6.07) is 16.6. The van der Waals surface area contributed by atoms with Crippen LogP contribution in [0.25, 0.3) is 6.08 Å². The van der Waals surface area contributed by atoms with E-state index in [0.29, 0.717) is 16.9 Å². The zero-order valence-corrected chi connectivity index (χ0v) is 25.2. The molecule has 230 valence electrons. The summed E-state index contributed by atoms with van der Waals surface area (Å²) < 4.78 is 32.0. The minimum Gasteiger partial charge on any atom is -0.497 e. The largest absolute Gasteiger partial charge is 0.514 e. The number of hydrogen-bond acceptors (Lipinski definition) is 10. The number of carbonyl (C=O) groups is 4. The first-order valence-corrected chi connectivity index (χ1v) is 13.5. The van der Waals surface area contributed by atoms with Crippen molar-refractivity contribution < 1.29 is 47.6 Å². The van der Waals surface area contributed by atoms with Crippen LogP contribution in [0.15, 0.2) is 86.0 Å². The first-order chi connectivity index (χ1) is 20.7. The van der Waals surface area contributed by atoms with Gasteiger partial charge < -0.3 is 28.4 Å². The van der Waals surface area contributed by atoms with Crippen molar-refractivity contribution in [1.29, 1.82) is 0 Å². The van der Waals surface area contributed by atoms with Crippen LogP contribution in [-0.2, 0) is 14.3 Å². The van der Waals surface area contributed by atoms with Crippen molar-refractivity contribution in [2.24, 2.45) is 0 Å². The molecule has 0 amide bonds. The summed E-state index contributed by atoms with van der Waals surface area (Å²) in [7, 11) is 1.53. The molecule has 10 heteroatoms. The van der Waals surface area contributed by atoms with E-state index in [2.05, 4.69) is 13.2 Å². The Bertz CT molecular complexity index is 1530. The van der Waals surface area contributed by atoms with Crippen LogP contribution in [0, 0.1) is 0 Å². The standard InChI is InChI=1S/C34H34O10/c1-8-22-20-27(40-30(36)23-10-14-25(39-7)15-11-23)18-19-28(22)42-31(37)24-12-16-26(17-13-24)41-32(38)44-34(5,6)21-33(3,4)43-29(35)9-2/h8-20H,1-2,21H2,3-7H3. The van der Waals surface area contributed by atoms with Gasteiger partial charge in [0.15, 0.2) is 0 Å². The highest BCUT2D eigenvalue weighted by Gasteiger charge is 2.35. The Balaban J connectivity index is 1.59. The molecule has 44 heavy (non-hydrogen) atoms.